The van der Waals surface area contributed by atoms with Gasteiger partial charge in [0.1, 0.15) is 0 Å². The highest BCUT2D eigenvalue weighted by Gasteiger charge is 2.53. The molecule has 0 aromatic carbocycles. The Kier molecular flexibility index (Phi) is 7.82. The number of nitrogens with zero attached hydrogens (tertiary/aromatic N) is 1. The van der Waals surface area contributed by atoms with Gasteiger partial charge in [-0.15, -0.1) is 12.4 Å². The standard InChI is InChI=1S/C18H34N2O2.ClH/c1-6-10-20(15-12-16(22-7-2)18(15,4)5)17(21)14-8-9-19-13(3)11-14;/h13-16,19H,6-12H2,1-5H3;1H/t13-,14-,15?,16?;/m0./s1. The van der Waals surface area contributed by atoms with Gasteiger partial charge in [0.2, 0.25) is 5.91 Å². The number of ether oxygens (including phenoxy) is 1. The Balaban J connectivity index is 0.00000264. The van der Waals surface area contributed by atoms with E-state index >= 15 is 0 Å². The Morgan fingerprint density at radius 3 is 2.52 bits per heavy atom. The lowest BCUT2D eigenvalue weighted by Crippen LogP contribution is -2.64. The molecule has 23 heavy (non-hydrogen) atoms. The normalized spacial score (nSPS) is 32.6. The maximum atomic E-state index is 13.1. The summed E-state index contributed by atoms with van der Waals surface area (Å²) in [6.07, 6.45) is 4.26. The molecule has 4 nitrogen and oxygen atoms in total. The topological polar surface area (TPSA) is 41.6 Å². The van der Waals surface area contributed by atoms with Gasteiger partial charge in [-0.3, -0.25) is 4.79 Å². The summed E-state index contributed by atoms with van der Waals surface area (Å²) >= 11 is 0. The molecule has 4 atom stereocenters. The average molecular weight is 347 g/mol. The minimum Gasteiger partial charge on any atom is -0.378 e. The molecule has 0 radical (unpaired) electrons. The first-order valence-corrected chi connectivity index (χ1v) is 9.07. The van der Waals surface area contributed by atoms with Crippen molar-refractivity contribution in [3.05, 3.63) is 0 Å². The van der Waals surface area contributed by atoms with Crippen LogP contribution in [0.1, 0.15) is 60.3 Å². The smallest absolute Gasteiger partial charge is 0.226 e. The highest BCUT2D eigenvalue weighted by atomic mass is 35.5. The van der Waals surface area contributed by atoms with E-state index in [4.69, 9.17) is 4.74 Å². The molecular weight excluding hydrogens is 312 g/mol. The minimum absolute atomic E-state index is 0. The number of nitrogens with one attached hydrogen (secondary N) is 1. The number of carbonyl (C=O) groups is 1. The molecule has 1 aliphatic heterocycles. The van der Waals surface area contributed by atoms with E-state index in [1.165, 1.54) is 0 Å². The van der Waals surface area contributed by atoms with E-state index in [9.17, 15) is 4.79 Å². The van der Waals surface area contributed by atoms with Crippen LogP contribution in [0.2, 0.25) is 0 Å². The fourth-order valence-corrected chi connectivity index (χ4v) is 4.13. The molecule has 2 rings (SSSR count). The molecule has 0 aromatic heterocycles. The van der Waals surface area contributed by atoms with E-state index in [0.717, 1.165) is 45.4 Å². The second-order valence-corrected chi connectivity index (χ2v) is 7.62. The Hall–Kier alpha value is -0.320. The van der Waals surface area contributed by atoms with Crippen LogP contribution in [0, 0.1) is 11.3 Å². The molecule has 1 saturated heterocycles. The van der Waals surface area contributed by atoms with Crippen LogP contribution in [-0.2, 0) is 9.53 Å². The van der Waals surface area contributed by atoms with Crippen LogP contribution >= 0.6 is 12.4 Å². The first kappa shape index (κ1) is 20.7. The molecule has 0 aromatic rings. The van der Waals surface area contributed by atoms with Gasteiger partial charge in [-0.1, -0.05) is 20.8 Å². The number of amides is 1. The fraction of sp³-hybridized carbons (Fsp3) is 0.944. The third-order valence-corrected chi connectivity index (χ3v) is 5.59. The Morgan fingerprint density at radius 1 is 1.30 bits per heavy atom. The van der Waals surface area contributed by atoms with Crippen LogP contribution in [-0.4, -0.2) is 48.7 Å². The summed E-state index contributed by atoms with van der Waals surface area (Å²) in [7, 11) is 0. The van der Waals surface area contributed by atoms with Gasteiger partial charge in [-0.05, 0) is 46.1 Å². The second-order valence-electron chi connectivity index (χ2n) is 7.62. The van der Waals surface area contributed by atoms with Gasteiger partial charge in [0.05, 0.1) is 6.10 Å². The molecule has 2 aliphatic rings. The summed E-state index contributed by atoms with van der Waals surface area (Å²) in [6, 6.07) is 0.790. The highest BCUT2D eigenvalue weighted by Crippen LogP contribution is 2.46. The van der Waals surface area contributed by atoms with Gasteiger partial charge >= 0.3 is 0 Å². The molecule has 2 fully saturated rings. The second kappa shape index (κ2) is 8.68. The van der Waals surface area contributed by atoms with E-state index < -0.39 is 0 Å². The zero-order chi connectivity index (χ0) is 16.3. The van der Waals surface area contributed by atoms with Gasteiger partial charge in [0.25, 0.3) is 0 Å². The van der Waals surface area contributed by atoms with Gasteiger partial charge < -0.3 is 15.0 Å². The van der Waals surface area contributed by atoms with E-state index in [0.29, 0.717) is 24.1 Å². The third kappa shape index (κ3) is 4.40. The lowest BCUT2D eigenvalue weighted by atomic mass is 9.63. The molecular formula is C18H35ClN2O2. The molecule has 0 spiro atoms. The van der Waals surface area contributed by atoms with Crippen molar-refractivity contribution < 1.29 is 9.53 Å². The predicted octanol–water partition coefficient (Wildman–Crippen LogP) is 3.24. The van der Waals surface area contributed by atoms with Crippen molar-refractivity contribution >= 4 is 18.3 Å². The lowest BCUT2D eigenvalue weighted by molar-refractivity contribution is -0.171. The van der Waals surface area contributed by atoms with Gasteiger partial charge in [0.15, 0.2) is 0 Å². The van der Waals surface area contributed by atoms with Crippen LogP contribution in [0.5, 0.6) is 0 Å². The molecule has 1 aliphatic carbocycles. The summed E-state index contributed by atoms with van der Waals surface area (Å²) in [4.78, 5) is 15.3. The monoisotopic (exact) mass is 346 g/mol. The van der Waals surface area contributed by atoms with Crippen molar-refractivity contribution in [2.75, 3.05) is 19.7 Å². The first-order chi connectivity index (χ1) is 10.4. The largest absolute Gasteiger partial charge is 0.378 e. The maximum absolute atomic E-state index is 13.1. The van der Waals surface area contributed by atoms with Crippen molar-refractivity contribution in [1.82, 2.24) is 10.2 Å². The van der Waals surface area contributed by atoms with Gasteiger partial charge in [0, 0.05) is 36.6 Å². The summed E-state index contributed by atoms with van der Waals surface area (Å²) < 4.78 is 5.85. The van der Waals surface area contributed by atoms with E-state index in [2.05, 4.69) is 44.8 Å². The van der Waals surface area contributed by atoms with Crippen LogP contribution < -0.4 is 5.32 Å². The number of rotatable bonds is 6. The Morgan fingerprint density at radius 2 is 2.00 bits per heavy atom. The predicted molar refractivity (Wildman–Crippen MR) is 97.0 cm³/mol. The number of carbonyl (C=O) groups excluding carboxylic acids is 1. The molecule has 1 saturated carbocycles. The lowest BCUT2D eigenvalue weighted by Gasteiger charge is -2.56. The van der Waals surface area contributed by atoms with Crippen molar-refractivity contribution in [1.29, 1.82) is 0 Å². The molecule has 1 N–H and O–H groups in total. The molecule has 0 bridgehead atoms. The number of halogens is 1. The van der Waals surface area contributed by atoms with Crippen molar-refractivity contribution in [3.8, 4) is 0 Å². The first-order valence-electron chi connectivity index (χ1n) is 9.07. The zero-order valence-electron chi connectivity index (χ0n) is 15.4. The van der Waals surface area contributed by atoms with Crippen LogP contribution in [0.4, 0.5) is 0 Å². The molecule has 1 amide bonds. The Bertz CT molecular complexity index is 389. The zero-order valence-corrected chi connectivity index (χ0v) is 16.2. The fourth-order valence-electron chi connectivity index (χ4n) is 4.13. The van der Waals surface area contributed by atoms with Crippen LogP contribution in [0.25, 0.3) is 0 Å². The quantitative estimate of drug-likeness (QED) is 0.802. The van der Waals surface area contributed by atoms with E-state index in [1.54, 1.807) is 0 Å². The van der Waals surface area contributed by atoms with Crippen LogP contribution in [0.15, 0.2) is 0 Å². The van der Waals surface area contributed by atoms with Crippen molar-refractivity contribution in [2.24, 2.45) is 11.3 Å². The van der Waals surface area contributed by atoms with Crippen molar-refractivity contribution in [3.63, 3.8) is 0 Å². The van der Waals surface area contributed by atoms with Gasteiger partial charge in [-0.25, -0.2) is 0 Å². The molecule has 5 heteroatoms. The molecule has 1 heterocycles. The summed E-state index contributed by atoms with van der Waals surface area (Å²) in [6.45, 7) is 13.5. The number of piperidine rings is 1. The SMILES string of the molecule is CCCN(C(=O)[C@H]1CCN[C@@H](C)C1)C1CC(OCC)C1(C)C.Cl. The minimum atomic E-state index is 0. The molecule has 136 valence electrons. The van der Waals surface area contributed by atoms with Gasteiger partial charge in [-0.2, -0.15) is 0 Å². The summed E-state index contributed by atoms with van der Waals surface area (Å²) in [5.41, 5.74) is 0.0688. The Labute approximate surface area is 148 Å². The number of hydrogen-bond donors (Lipinski definition) is 1. The van der Waals surface area contributed by atoms with Crippen molar-refractivity contribution in [2.45, 2.75) is 78.5 Å². The number of hydrogen-bond acceptors (Lipinski definition) is 3. The summed E-state index contributed by atoms with van der Waals surface area (Å²) in [5, 5.41) is 3.44. The third-order valence-electron chi connectivity index (χ3n) is 5.59. The summed E-state index contributed by atoms with van der Waals surface area (Å²) in [5.74, 6) is 0.577. The van der Waals surface area contributed by atoms with Crippen LogP contribution in [0.3, 0.4) is 0 Å². The highest BCUT2D eigenvalue weighted by molar-refractivity contribution is 5.85. The van der Waals surface area contributed by atoms with E-state index in [1.807, 2.05) is 0 Å². The molecule has 2 unspecified atom stereocenters. The van der Waals surface area contributed by atoms with E-state index in [-0.39, 0.29) is 23.7 Å². The maximum Gasteiger partial charge on any atom is 0.226 e. The average Bonchev–Trinajstić information content (AvgIpc) is 2.49.